The van der Waals surface area contributed by atoms with Crippen LogP contribution in [0.5, 0.6) is 5.75 Å². The number of piperazine rings is 1. The van der Waals surface area contributed by atoms with Gasteiger partial charge in [-0.25, -0.2) is 0 Å². The van der Waals surface area contributed by atoms with Crippen LogP contribution >= 0.6 is 0 Å². The lowest BCUT2D eigenvalue weighted by atomic mass is 9.93. The highest BCUT2D eigenvalue weighted by molar-refractivity contribution is 5.59. The average molecular weight is 275 g/mol. The molecule has 1 heterocycles. The number of rotatable bonds is 4. The molecule has 4 N–H and O–H groups in total. The van der Waals surface area contributed by atoms with E-state index in [1.807, 2.05) is 6.07 Å². The summed E-state index contributed by atoms with van der Waals surface area (Å²) in [6, 6.07) is 4.15. The number of nitrogens with zero attached hydrogens (tertiary/aromatic N) is 1. The van der Waals surface area contributed by atoms with Crippen LogP contribution in [0.2, 0.25) is 0 Å². The van der Waals surface area contributed by atoms with E-state index in [1.54, 1.807) is 6.07 Å². The molecular formula is C16H25N3O. The van der Waals surface area contributed by atoms with Crippen LogP contribution in [0.1, 0.15) is 36.4 Å². The molecule has 2 aliphatic rings. The fraction of sp³-hybridized carbons (Fsp3) is 0.625. The molecule has 1 aromatic rings. The van der Waals surface area contributed by atoms with Crippen molar-refractivity contribution in [2.45, 2.75) is 32.2 Å². The third kappa shape index (κ3) is 2.76. The van der Waals surface area contributed by atoms with Crippen LogP contribution in [0, 0.1) is 12.8 Å². The molecule has 4 heteroatoms. The fourth-order valence-corrected chi connectivity index (χ4v) is 3.26. The number of hydrogen-bond donors (Lipinski definition) is 3. The maximum absolute atomic E-state index is 10.4. The summed E-state index contributed by atoms with van der Waals surface area (Å²) in [6.45, 7) is 6.24. The zero-order chi connectivity index (χ0) is 14.1. The summed E-state index contributed by atoms with van der Waals surface area (Å²) in [5.74, 6) is 1.13. The lowest BCUT2D eigenvalue weighted by molar-refractivity contribution is 0.157. The molecule has 0 radical (unpaired) electrons. The Balaban J connectivity index is 1.93. The number of aryl methyl sites for hydroxylation is 1. The van der Waals surface area contributed by atoms with E-state index in [-0.39, 0.29) is 0 Å². The number of benzene rings is 1. The van der Waals surface area contributed by atoms with E-state index in [0.717, 1.165) is 49.6 Å². The quantitative estimate of drug-likeness (QED) is 0.581. The summed E-state index contributed by atoms with van der Waals surface area (Å²) >= 11 is 0. The molecule has 0 amide bonds. The van der Waals surface area contributed by atoms with E-state index in [0.29, 0.717) is 17.5 Å². The van der Waals surface area contributed by atoms with Crippen LogP contribution < -0.4 is 11.1 Å². The van der Waals surface area contributed by atoms with Crippen molar-refractivity contribution in [2.24, 2.45) is 5.92 Å². The van der Waals surface area contributed by atoms with E-state index >= 15 is 0 Å². The monoisotopic (exact) mass is 275 g/mol. The van der Waals surface area contributed by atoms with Gasteiger partial charge in [0.2, 0.25) is 0 Å². The van der Waals surface area contributed by atoms with Gasteiger partial charge in [0.25, 0.3) is 0 Å². The SMILES string of the molecule is Cc1ccc(N)c(O)c1[C@@H](CC1CC1)N1CCNCC1. The Bertz CT molecular complexity index is 479. The van der Waals surface area contributed by atoms with Gasteiger partial charge >= 0.3 is 0 Å². The zero-order valence-electron chi connectivity index (χ0n) is 12.2. The number of anilines is 1. The smallest absolute Gasteiger partial charge is 0.143 e. The minimum absolute atomic E-state index is 0.300. The normalized spacial score (nSPS) is 21.9. The lowest BCUT2D eigenvalue weighted by Crippen LogP contribution is -2.45. The van der Waals surface area contributed by atoms with Crippen LogP contribution in [0.4, 0.5) is 5.69 Å². The molecule has 20 heavy (non-hydrogen) atoms. The number of phenols is 1. The predicted molar refractivity (Wildman–Crippen MR) is 81.8 cm³/mol. The van der Waals surface area contributed by atoms with E-state index < -0.39 is 0 Å². The molecular weight excluding hydrogens is 250 g/mol. The van der Waals surface area contributed by atoms with Gasteiger partial charge in [0.15, 0.2) is 0 Å². The third-order valence-electron chi connectivity index (χ3n) is 4.65. The van der Waals surface area contributed by atoms with E-state index in [4.69, 9.17) is 5.73 Å². The highest BCUT2D eigenvalue weighted by Crippen LogP contribution is 2.44. The summed E-state index contributed by atoms with van der Waals surface area (Å²) in [7, 11) is 0. The van der Waals surface area contributed by atoms with Crippen LogP contribution in [0.25, 0.3) is 0 Å². The third-order valence-corrected chi connectivity index (χ3v) is 4.65. The number of nitrogen functional groups attached to an aromatic ring is 1. The Morgan fingerprint density at radius 1 is 1.35 bits per heavy atom. The van der Waals surface area contributed by atoms with E-state index in [1.165, 1.54) is 12.8 Å². The molecule has 0 spiro atoms. The first kappa shape index (κ1) is 13.7. The van der Waals surface area contributed by atoms with Gasteiger partial charge in [-0.05, 0) is 30.9 Å². The van der Waals surface area contributed by atoms with Gasteiger partial charge in [-0.15, -0.1) is 0 Å². The number of phenolic OH excluding ortho intramolecular Hbond substituents is 1. The molecule has 3 rings (SSSR count). The number of nitrogens with one attached hydrogen (secondary N) is 1. The maximum atomic E-state index is 10.4. The Morgan fingerprint density at radius 3 is 2.70 bits per heavy atom. The summed E-state index contributed by atoms with van der Waals surface area (Å²) in [6.07, 6.45) is 3.83. The molecule has 0 unspecified atom stereocenters. The molecule has 4 nitrogen and oxygen atoms in total. The summed E-state index contributed by atoms with van der Waals surface area (Å²) in [5.41, 5.74) is 8.63. The molecule has 1 aliphatic carbocycles. The Hall–Kier alpha value is -1.26. The van der Waals surface area contributed by atoms with Gasteiger partial charge < -0.3 is 16.2 Å². The van der Waals surface area contributed by atoms with Crippen molar-refractivity contribution >= 4 is 5.69 Å². The van der Waals surface area contributed by atoms with Crippen molar-refractivity contribution in [2.75, 3.05) is 31.9 Å². The van der Waals surface area contributed by atoms with E-state index in [2.05, 4.69) is 17.1 Å². The second-order valence-electron chi connectivity index (χ2n) is 6.21. The van der Waals surface area contributed by atoms with Crippen molar-refractivity contribution in [1.29, 1.82) is 0 Å². The highest BCUT2D eigenvalue weighted by Gasteiger charge is 2.32. The van der Waals surface area contributed by atoms with Gasteiger partial charge in [0, 0.05) is 37.8 Å². The topological polar surface area (TPSA) is 61.5 Å². The van der Waals surface area contributed by atoms with E-state index in [9.17, 15) is 5.11 Å². The maximum Gasteiger partial charge on any atom is 0.143 e. The van der Waals surface area contributed by atoms with Crippen molar-refractivity contribution < 1.29 is 5.11 Å². The van der Waals surface area contributed by atoms with Crippen molar-refractivity contribution in [3.05, 3.63) is 23.3 Å². The van der Waals surface area contributed by atoms with Crippen molar-refractivity contribution in [3.63, 3.8) is 0 Å². The fourth-order valence-electron chi connectivity index (χ4n) is 3.26. The number of aromatic hydroxyl groups is 1. The van der Waals surface area contributed by atoms with Crippen LogP contribution in [0.3, 0.4) is 0 Å². The van der Waals surface area contributed by atoms with Crippen molar-refractivity contribution in [1.82, 2.24) is 10.2 Å². The zero-order valence-corrected chi connectivity index (χ0v) is 12.2. The molecule has 2 fully saturated rings. The molecule has 1 aliphatic heterocycles. The van der Waals surface area contributed by atoms with Gasteiger partial charge in [0.1, 0.15) is 5.75 Å². The summed E-state index contributed by atoms with van der Waals surface area (Å²) in [4.78, 5) is 2.51. The molecule has 1 atom stereocenters. The number of nitrogens with two attached hydrogens (primary N) is 1. The van der Waals surface area contributed by atoms with Crippen LogP contribution in [-0.2, 0) is 0 Å². The lowest BCUT2D eigenvalue weighted by Gasteiger charge is -2.36. The minimum Gasteiger partial charge on any atom is -0.505 e. The average Bonchev–Trinajstić information content (AvgIpc) is 3.27. The summed E-state index contributed by atoms with van der Waals surface area (Å²) in [5, 5.41) is 13.8. The van der Waals surface area contributed by atoms with Crippen LogP contribution in [0.15, 0.2) is 12.1 Å². The number of hydrogen-bond acceptors (Lipinski definition) is 4. The van der Waals surface area contributed by atoms with Gasteiger partial charge in [0.05, 0.1) is 5.69 Å². The molecule has 1 aromatic carbocycles. The molecule has 0 aromatic heterocycles. The second-order valence-corrected chi connectivity index (χ2v) is 6.21. The Morgan fingerprint density at radius 2 is 2.05 bits per heavy atom. The minimum atomic E-state index is 0.300. The highest BCUT2D eigenvalue weighted by atomic mass is 16.3. The molecule has 1 saturated carbocycles. The van der Waals surface area contributed by atoms with Crippen molar-refractivity contribution in [3.8, 4) is 5.75 Å². The first-order valence-electron chi connectivity index (χ1n) is 7.69. The van der Waals surface area contributed by atoms with Gasteiger partial charge in [-0.2, -0.15) is 0 Å². The first-order chi connectivity index (χ1) is 9.66. The molecule has 110 valence electrons. The Labute approximate surface area is 121 Å². The van der Waals surface area contributed by atoms with Crippen LogP contribution in [-0.4, -0.2) is 36.2 Å². The first-order valence-corrected chi connectivity index (χ1v) is 7.69. The largest absolute Gasteiger partial charge is 0.505 e. The predicted octanol–water partition coefficient (Wildman–Crippen LogP) is 2.03. The Kier molecular flexibility index (Phi) is 3.85. The summed E-state index contributed by atoms with van der Waals surface area (Å²) < 4.78 is 0. The van der Waals surface area contributed by atoms with Gasteiger partial charge in [-0.1, -0.05) is 18.9 Å². The molecule has 1 saturated heterocycles. The second kappa shape index (κ2) is 5.62. The van der Waals surface area contributed by atoms with Gasteiger partial charge in [-0.3, -0.25) is 4.90 Å². The molecule has 0 bridgehead atoms. The standard InChI is InChI=1S/C16H25N3O/c1-11-2-5-13(17)16(20)15(11)14(10-12-3-4-12)19-8-6-18-7-9-19/h2,5,12,14,18,20H,3-4,6-10,17H2,1H3/t14-/m1/s1.